The van der Waals surface area contributed by atoms with Gasteiger partial charge in [-0.3, -0.25) is 4.79 Å². The van der Waals surface area contributed by atoms with Crippen LogP contribution in [0.5, 0.6) is 0 Å². The van der Waals surface area contributed by atoms with E-state index in [-0.39, 0.29) is 5.91 Å². The highest BCUT2D eigenvalue weighted by Gasteiger charge is 2.15. The molecule has 134 valence electrons. The van der Waals surface area contributed by atoms with Crippen LogP contribution in [0.2, 0.25) is 0 Å². The molecule has 0 saturated heterocycles. The lowest BCUT2D eigenvalue weighted by Crippen LogP contribution is -2.22. The average Bonchev–Trinajstić information content (AvgIpc) is 3.02. The van der Waals surface area contributed by atoms with Gasteiger partial charge in [0.2, 0.25) is 0 Å². The minimum absolute atomic E-state index is 0.172. The van der Waals surface area contributed by atoms with Crippen molar-refractivity contribution in [1.82, 2.24) is 15.3 Å². The normalized spacial score (nSPS) is 10.6. The fourth-order valence-electron chi connectivity index (χ4n) is 2.23. The smallest absolute Gasteiger partial charge is 0.263 e. The summed E-state index contributed by atoms with van der Waals surface area (Å²) in [5.74, 6) is -0.105. The van der Waals surface area contributed by atoms with Crippen LogP contribution in [0.15, 0.2) is 47.5 Å². The minimum Gasteiger partial charge on any atom is -0.347 e. The molecule has 0 aliphatic carbocycles. The van der Waals surface area contributed by atoms with Crippen molar-refractivity contribution in [3.05, 3.63) is 64.5 Å². The predicted octanol–water partition coefficient (Wildman–Crippen LogP) is 4.38. The molecule has 5 nitrogen and oxygen atoms in total. The number of hydrogen-bond acceptors (Lipinski definition) is 6. The van der Waals surface area contributed by atoms with E-state index >= 15 is 0 Å². The van der Waals surface area contributed by atoms with Crippen LogP contribution >= 0.6 is 23.1 Å². The lowest BCUT2D eigenvalue weighted by Gasteiger charge is -2.05. The number of benzene rings is 1. The number of carbonyl (C=O) groups is 1. The highest BCUT2D eigenvalue weighted by Crippen LogP contribution is 2.25. The molecule has 2 N–H and O–H groups in total. The Morgan fingerprint density at radius 2 is 2.00 bits per heavy atom. The van der Waals surface area contributed by atoms with Crippen LogP contribution in [0, 0.1) is 12.7 Å². The molecule has 0 aliphatic rings. The molecule has 0 unspecified atom stereocenters. The fraction of sp³-hybridized carbons (Fsp3) is 0.167. The summed E-state index contributed by atoms with van der Waals surface area (Å²) in [6.07, 6.45) is 3.15. The highest BCUT2D eigenvalue weighted by molar-refractivity contribution is 7.98. The van der Waals surface area contributed by atoms with Gasteiger partial charge >= 0.3 is 0 Å². The molecule has 0 atom stereocenters. The Balaban J connectivity index is 1.63. The monoisotopic (exact) mass is 388 g/mol. The molecular weight excluding hydrogens is 371 g/mol. The summed E-state index contributed by atoms with van der Waals surface area (Å²) in [5.41, 5.74) is 1.67. The van der Waals surface area contributed by atoms with Crippen LogP contribution in [0.3, 0.4) is 0 Å². The van der Waals surface area contributed by atoms with Crippen molar-refractivity contribution in [2.75, 3.05) is 11.6 Å². The van der Waals surface area contributed by atoms with Gasteiger partial charge in [-0.1, -0.05) is 23.5 Å². The molecule has 0 aliphatic heterocycles. The first-order chi connectivity index (χ1) is 12.5. The van der Waals surface area contributed by atoms with Gasteiger partial charge < -0.3 is 10.6 Å². The van der Waals surface area contributed by atoms with Crippen molar-refractivity contribution >= 4 is 40.0 Å². The number of halogens is 1. The second kappa shape index (κ2) is 8.29. The fourth-order valence-corrected chi connectivity index (χ4v) is 3.52. The topological polar surface area (TPSA) is 66.9 Å². The zero-order valence-corrected chi connectivity index (χ0v) is 15.9. The van der Waals surface area contributed by atoms with E-state index in [1.165, 1.54) is 28.4 Å². The summed E-state index contributed by atoms with van der Waals surface area (Å²) in [5, 5.41) is 6.43. The number of pyridine rings is 1. The van der Waals surface area contributed by atoms with Crippen LogP contribution < -0.4 is 10.6 Å². The first-order valence-electron chi connectivity index (χ1n) is 7.82. The summed E-state index contributed by atoms with van der Waals surface area (Å²) in [4.78, 5) is 22.4. The molecule has 2 heterocycles. The van der Waals surface area contributed by atoms with Gasteiger partial charge in [0.1, 0.15) is 16.5 Å². The van der Waals surface area contributed by atoms with E-state index in [4.69, 9.17) is 0 Å². The van der Waals surface area contributed by atoms with Crippen LogP contribution in [0.1, 0.15) is 20.9 Å². The van der Waals surface area contributed by atoms with E-state index in [0.717, 1.165) is 11.8 Å². The van der Waals surface area contributed by atoms with E-state index in [2.05, 4.69) is 20.6 Å². The second-order valence-corrected chi connectivity index (χ2v) is 7.33. The zero-order valence-electron chi connectivity index (χ0n) is 14.2. The number of thioether (sulfide) groups is 1. The Morgan fingerprint density at radius 3 is 2.65 bits per heavy atom. The number of amides is 1. The van der Waals surface area contributed by atoms with Crippen molar-refractivity contribution in [1.29, 1.82) is 0 Å². The van der Waals surface area contributed by atoms with Crippen LogP contribution in [-0.2, 0) is 6.54 Å². The molecular formula is C18H17FN4OS2. The molecule has 26 heavy (non-hydrogen) atoms. The van der Waals surface area contributed by atoms with Crippen LogP contribution in [0.4, 0.5) is 15.3 Å². The third kappa shape index (κ3) is 4.59. The van der Waals surface area contributed by atoms with E-state index in [9.17, 15) is 9.18 Å². The van der Waals surface area contributed by atoms with Gasteiger partial charge in [-0.25, -0.2) is 14.4 Å². The number of aromatic nitrogens is 2. The molecule has 0 saturated carbocycles. The third-order valence-corrected chi connectivity index (χ3v) is 5.39. The molecule has 0 spiro atoms. The summed E-state index contributed by atoms with van der Waals surface area (Å²) < 4.78 is 12.9. The standard InChI is InChI=1S/C18H17FN4OS2/c1-11-16(17(24)21-9-12-3-6-14(25-2)7-4-12)26-18(22-11)23-15-8-5-13(19)10-20-15/h3-8,10H,9H2,1-2H3,(H,21,24)(H,20,22,23). The lowest BCUT2D eigenvalue weighted by molar-refractivity contribution is 0.0954. The zero-order chi connectivity index (χ0) is 18.5. The maximum Gasteiger partial charge on any atom is 0.263 e. The number of nitrogens with one attached hydrogen (secondary N) is 2. The van der Waals surface area contributed by atoms with Gasteiger partial charge in [0.15, 0.2) is 5.13 Å². The van der Waals surface area contributed by atoms with Gasteiger partial charge in [-0.2, -0.15) is 0 Å². The van der Waals surface area contributed by atoms with E-state index < -0.39 is 5.82 Å². The van der Waals surface area contributed by atoms with E-state index in [0.29, 0.717) is 28.1 Å². The molecule has 3 rings (SSSR count). The Hall–Kier alpha value is -2.45. The van der Waals surface area contributed by atoms with Gasteiger partial charge in [0.25, 0.3) is 5.91 Å². The van der Waals surface area contributed by atoms with Crippen molar-refractivity contribution < 1.29 is 9.18 Å². The molecule has 2 aromatic heterocycles. The molecule has 0 radical (unpaired) electrons. The van der Waals surface area contributed by atoms with Crippen molar-refractivity contribution in [2.45, 2.75) is 18.4 Å². The summed E-state index contributed by atoms with van der Waals surface area (Å²) in [6.45, 7) is 2.23. The SMILES string of the molecule is CSc1ccc(CNC(=O)c2sc(Nc3ccc(F)cn3)nc2C)cc1. The Labute approximate surface area is 159 Å². The van der Waals surface area contributed by atoms with Gasteiger partial charge in [-0.15, -0.1) is 11.8 Å². The minimum atomic E-state index is -0.406. The Morgan fingerprint density at radius 1 is 1.23 bits per heavy atom. The number of rotatable bonds is 6. The maximum atomic E-state index is 12.9. The molecule has 1 aromatic carbocycles. The molecule has 0 bridgehead atoms. The summed E-state index contributed by atoms with van der Waals surface area (Å²) >= 11 is 2.91. The third-order valence-electron chi connectivity index (χ3n) is 3.58. The quantitative estimate of drug-likeness (QED) is 0.614. The Kier molecular flexibility index (Phi) is 5.85. The van der Waals surface area contributed by atoms with Crippen LogP contribution in [-0.4, -0.2) is 22.1 Å². The first kappa shape index (κ1) is 18.3. The number of hydrogen-bond donors (Lipinski definition) is 2. The number of carbonyl (C=O) groups excluding carboxylic acids is 1. The van der Waals surface area contributed by atoms with E-state index in [1.807, 2.05) is 30.5 Å². The summed E-state index contributed by atoms with van der Waals surface area (Å²) in [6, 6.07) is 10.9. The molecule has 3 aromatic rings. The van der Waals surface area contributed by atoms with Crippen molar-refractivity contribution in [3.63, 3.8) is 0 Å². The first-order valence-corrected chi connectivity index (χ1v) is 9.86. The predicted molar refractivity (Wildman–Crippen MR) is 104 cm³/mol. The number of anilines is 2. The number of thiazole rings is 1. The van der Waals surface area contributed by atoms with E-state index in [1.54, 1.807) is 18.7 Å². The number of nitrogens with zero attached hydrogens (tertiary/aromatic N) is 2. The van der Waals surface area contributed by atoms with Gasteiger partial charge in [0.05, 0.1) is 11.9 Å². The Bertz CT molecular complexity index is 895. The number of aryl methyl sites for hydroxylation is 1. The maximum absolute atomic E-state index is 12.9. The lowest BCUT2D eigenvalue weighted by atomic mass is 10.2. The molecule has 0 fully saturated rings. The second-order valence-electron chi connectivity index (χ2n) is 5.45. The largest absolute Gasteiger partial charge is 0.347 e. The van der Waals surface area contributed by atoms with Gasteiger partial charge in [-0.05, 0) is 43.0 Å². The molecule has 1 amide bonds. The van der Waals surface area contributed by atoms with Crippen LogP contribution in [0.25, 0.3) is 0 Å². The average molecular weight is 388 g/mol. The van der Waals surface area contributed by atoms with Crippen molar-refractivity contribution in [3.8, 4) is 0 Å². The molecule has 8 heteroatoms. The summed E-state index contributed by atoms with van der Waals surface area (Å²) in [7, 11) is 0. The highest BCUT2D eigenvalue weighted by atomic mass is 32.2. The van der Waals surface area contributed by atoms with Crippen molar-refractivity contribution in [2.24, 2.45) is 0 Å². The van der Waals surface area contributed by atoms with Gasteiger partial charge in [0, 0.05) is 11.4 Å².